The lowest BCUT2D eigenvalue weighted by molar-refractivity contribution is -0.178. The Kier molecular flexibility index (Phi) is 22.1. The molecule has 0 aromatic rings. The Labute approximate surface area is 299 Å². The van der Waals surface area contributed by atoms with Crippen molar-refractivity contribution < 1.29 is 4.74 Å². The predicted molar refractivity (Wildman–Crippen MR) is 212 cm³/mol. The summed E-state index contributed by atoms with van der Waals surface area (Å²) in [6.07, 6.45) is 56.9. The number of hydrogen-bond acceptors (Lipinski definition) is 3. The number of allylic oxidation sites excluding steroid dienone is 8. The van der Waals surface area contributed by atoms with Gasteiger partial charge in [-0.3, -0.25) is 5.32 Å². The van der Waals surface area contributed by atoms with Crippen LogP contribution in [0.1, 0.15) is 194 Å². The van der Waals surface area contributed by atoms with Crippen LogP contribution in [-0.2, 0) is 4.74 Å². The van der Waals surface area contributed by atoms with Crippen molar-refractivity contribution >= 4 is 0 Å². The van der Waals surface area contributed by atoms with Crippen molar-refractivity contribution in [3.63, 3.8) is 0 Å². The highest BCUT2D eigenvalue weighted by Crippen LogP contribution is 2.58. The molecule has 0 amide bonds. The van der Waals surface area contributed by atoms with Crippen LogP contribution in [0.25, 0.3) is 0 Å². The van der Waals surface area contributed by atoms with E-state index in [1.165, 1.54) is 167 Å². The summed E-state index contributed by atoms with van der Waals surface area (Å²) >= 11 is 0. The van der Waals surface area contributed by atoms with Gasteiger partial charge in [0.15, 0.2) is 0 Å². The maximum absolute atomic E-state index is 6.73. The highest BCUT2D eigenvalue weighted by Gasteiger charge is 2.60. The van der Waals surface area contributed by atoms with Gasteiger partial charge in [-0.15, -0.1) is 0 Å². The molecule has 2 aliphatic heterocycles. The number of hydrogen-bond donors (Lipinski definition) is 1. The van der Waals surface area contributed by atoms with Gasteiger partial charge in [0.2, 0.25) is 0 Å². The second kappa shape index (κ2) is 25.7. The Morgan fingerprint density at radius 2 is 0.958 bits per heavy atom. The summed E-state index contributed by atoms with van der Waals surface area (Å²) in [6, 6.07) is 0.553. The second-order valence-corrected chi connectivity index (χ2v) is 16.1. The van der Waals surface area contributed by atoms with Crippen LogP contribution in [0, 0.1) is 5.41 Å². The van der Waals surface area contributed by atoms with Gasteiger partial charge in [0, 0.05) is 19.1 Å². The number of nitrogens with zero attached hydrogens (tertiary/aromatic N) is 1. The molecular weight excluding hydrogens is 585 g/mol. The first-order chi connectivity index (χ1) is 23.6. The largest absolute Gasteiger partial charge is 0.354 e. The number of rotatable bonds is 30. The lowest BCUT2D eigenvalue weighted by Crippen LogP contribution is -2.60. The molecule has 0 bridgehead atoms. The van der Waals surface area contributed by atoms with Gasteiger partial charge in [-0.1, -0.05) is 152 Å². The molecule has 0 aromatic heterocycles. The Morgan fingerprint density at radius 1 is 0.542 bits per heavy atom. The fourth-order valence-corrected chi connectivity index (χ4v) is 8.68. The average molecular weight is 665 g/mol. The first-order valence-electron chi connectivity index (χ1n) is 21.3. The van der Waals surface area contributed by atoms with Crippen molar-refractivity contribution in [2.45, 2.75) is 212 Å². The highest BCUT2D eigenvalue weighted by molar-refractivity contribution is 5.11. The zero-order valence-corrected chi connectivity index (χ0v) is 32.3. The number of ether oxygens (including phenoxy) is 1. The number of likely N-dealkylation sites (N-methyl/N-ethyl adjacent to an activating group) is 1. The molecule has 3 fully saturated rings. The molecule has 1 saturated carbocycles. The normalized spacial score (nSPS) is 22.0. The van der Waals surface area contributed by atoms with Gasteiger partial charge in [0.1, 0.15) is 5.72 Å². The van der Waals surface area contributed by atoms with Crippen molar-refractivity contribution in [2.75, 3.05) is 20.1 Å². The van der Waals surface area contributed by atoms with E-state index in [1.54, 1.807) is 0 Å². The second-order valence-electron chi connectivity index (χ2n) is 16.1. The van der Waals surface area contributed by atoms with E-state index in [1.807, 2.05) is 0 Å². The zero-order chi connectivity index (χ0) is 34.0. The molecule has 0 aromatic carbocycles. The van der Waals surface area contributed by atoms with Gasteiger partial charge in [-0.2, -0.15) is 0 Å². The van der Waals surface area contributed by atoms with E-state index in [-0.39, 0.29) is 5.72 Å². The Balaban J connectivity index is 1.22. The summed E-state index contributed by atoms with van der Waals surface area (Å²) < 4.78 is 6.73. The van der Waals surface area contributed by atoms with Crippen LogP contribution in [0.2, 0.25) is 0 Å². The average Bonchev–Trinajstić information content (AvgIpc) is 3.58. The van der Waals surface area contributed by atoms with Gasteiger partial charge in [0.05, 0.1) is 6.10 Å². The molecule has 1 spiro atoms. The van der Waals surface area contributed by atoms with Crippen LogP contribution < -0.4 is 5.32 Å². The quantitative estimate of drug-likeness (QED) is 0.0611. The van der Waals surface area contributed by atoms with Crippen LogP contribution in [0.15, 0.2) is 48.6 Å². The molecule has 2 saturated heterocycles. The van der Waals surface area contributed by atoms with Gasteiger partial charge in [0.25, 0.3) is 0 Å². The van der Waals surface area contributed by atoms with E-state index >= 15 is 0 Å². The third-order valence-electron chi connectivity index (χ3n) is 11.4. The van der Waals surface area contributed by atoms with Crippen molar-refractivity contribution in [2.24, 2.45) is 5.41 Å². The van der Waals surface area contributed by atoms with Crippen molar-refractivity contribution in [1.82, 2.24) is 10.2 Å². The Bertz CT molecular complexity index is 831. The molecule has 3 rings (SSSR count). The summed E-state index contributed by atoms with van der Waals surface area (Å²) in [5.41, 5.74) is 0.537. The van der Waals surface area contributed by atoms with Crippen molar-refractivity contribution in [1.29, 1.82) is 0 Å². The summed E-state index contributed by atoms with van der Waals surface area (Å²) in [5.74, 6) is 0. The van der Waals surface area contributed by atoms with Crippen LogP contribution in [0.5, 0.6) is 0 Å². The molecule has 0 radical (unpaired) electrons. The minimum absolute atomic E-state index is 0.00726. The smallest absolute Gasteiger partial charge is 0.121 e. The monoisotopic (exact) mass is 665 g/mol. The van der Waals surface area contributed by atoms with Gasteiger partial charge < -0.3 is 9.64 Å². The van der Waals surface area contributed by atoms with E-state index < -0.39 is 0 Å². The lowest BCUT2D eigenvalue weighted by atomic mass is 9.58. The third-order valence-corrected chi connectivity index (χ3v) is 11.4. The van der Waals surface area contributed by atoms with Crippen molar-refractivity contribution in [3.05, 3.63) is 48.6 Å². The minimum Gasteiger partial charge on any atom is -0.354 e. The minimum atomic E-state index is 0.00726. The van der Waals surface area contributed by atoms with E-state index in [0.717, 1.165) is 25.9 Å². The van der Waals surface area contributed by atoms with Gasteiger partial charge >= 0.3 is 0 Å². The highest BCUT2D eigenvalue weighted by atomic mass is 16.5. The SMILES string of the molecule is CCCCC/C=C\C/C=C\CCCCCCCCC1(CCCCCCCC/C=C\C/C=C\CCCCC)CC2(C1)N[C@@H]1CN(C)C[C@H]1O2. The Hall–Kier alpha value is -1.16. The number of nitrogens with one attached hydrogen (secondary N) is 1. The lowest BCUT2D eigenvalue weighted by Gasteiger charge is -2.55. The molecule has 1 aliphatic carbocycles. The summed E-state index contributed by atoms with van der Waals surface area (Å²) in [7, 11) is 2.23. The number of likely N-dealkylation sites (tertiary alicyclic amines) is 1. The molecule has 3 aliphatic rings. The first kappa shape index (κ1) is 41.3. The Morgan fingerprint density at radius 3 is 1.40 bits per heavy atom. The maximum atomic E-state index is 6.73. The number of unbranched alkanes of at least 4 members (excludes halogenated alkanes) is 18. The molecule has 2 heterocycles. The predicted octanol–water partition coefficient (Wildman–Crippen LogP) is 13.2. The van der Waals surface area contributed by atoms with Crippen molar-refractivity contribution in [3.8, 4) is 0 Å². The fraction of sp³-hybridized carbons (Fsp3) is 0.822. The number of fused-ring (bicyclic) bond motifs is 1. The molecular formula is C45H80N2O. The van der Waals surface area contributed by atoms with Gasteiger partial charge in [-0.05, 0) is 102 Å². The third kappa shape index (κ3) is 17.2. The van der Waals surface area contributed by atoms with Crippen LogP contribution in [-0.4, -0.2) is 42.9 Å². The molecule has 3 heteroatoms. The van der Waals surface area contributed by atoms with Crippen LogP contribution >= 0.6 is 0 Å². The first-order valence-corrected chi connectivity index (χ1v) is 21.3. The molecule has 276 valence electrons. The molecule has 0 unspecified atom stereocenters. The van der Waals surface area contributed by atoms with E-state index in [9.17, 15) is 0 Å². The summed E-state index contributed by atoms with van der Waals surface area (Å²) in [5, 5.41) is 3.98. The standard InChI is InChI=1S/C45H80N2O/c1-4-6-8-10-12-14-16-18-20-22-24-26-28-30-32-34-36-44(40-45(41-44)46-42-38-47(3)39-43(42)48-45)37-35-33-31-29-27-25-23-21-19-17-15-13-11-9-7-5-2/h12-15,18-21,42-43,46H,4-11,16-17,22-41H2,1-3H3/b14-12-,15-13-,20-18-,21-19-/t42-,43-/m1/s1. The molecule has 1 N–H and O–H groups in total. The topological polar surface area (TPSA) is 24.5 Å². The molecule has 48 heavy (non-hydrogen) atoms. The summed E-state index contributed by atoms with van der Waals surface area (Å²) in [4.78, 5) is 2.43. The molecule has 2 atom stereocenters. The van der Waals surface area contributed by atoms with Crippen LogP contribution in [0.3, 0.4) is 0 Å². The van der Waals surface area contributed by atoms with E-state index in [2.05, 4.69) is 79.7 Å². The maximum Gasteiger partial charge on any atom is 0.121 e. The summed E-state index contributed by atoms with van der Waals surface area (Å²) in [6.45, 7) is 6.80. The van der Waals surface area contributed by atoms with E-state index in [4.69, 9.17) is 4.74 Å². The fourth-order valence-electron chi connectivity index (χ4n) is 8.68. The van der Waals surface area contributed by atoms with E-state index in [0.29, 0.717) is 17.6 Å². The van der Waals surface area contributed by atoms with Crippen LogP contribution in [0.4, 0.5) is 0 Å². The molecule has 3 nitrogen and oxygen atoms in total. The zero-order valence-electron chi connectivity index (χ0n) is 32.3. The van der Waals surface area contributed by atoms with Gasteiger partial charge in [-0.25, -0.2) is 0 Å².